The minimum atomic E-state index is 2.08. The van der Waals surface area contributed by atoms with Gasteiger partial charge in [0, 0.05) is 0 Å². The van der Waals surface area contributed by atoms with Crippen LogP contribution in [0.1, 0.15) is 0 Å². The van der Waals surface area contributed by atoms with Crippen LogP contribution in [0.25, 0.3) is 0 Å². The molecule has 1 nitrogen and oxygen atoms in total. The van der Waals surface area contributed by atoms with Gasteiger partial charge in [-0.05, 0) is 0 Å². The summed E-state index contributed by atoms with van der Waals surface area (Å²) in [6.45, 7) is 0. The molecule has 0 aliphatic heterocycles. The Morgan fingerprint density at radius 1 is 2.00 bits per heavy atom. The normalized spacial score (nSPS) is 4.00. The van der Waals surface area contributed by atoms with E-state index >= 15 is 0 Å². The van der Waals surface area contributed by atoms with E-state index < -0.39 is 0 Å². The van der Waals surface area contributed by atoms with Gasteiger partial charge in [0.15, 0.2) is 0 Å². The van der Waals surface area contributed by atoms with Gasteiger partial charge in [-0.2, -0.15) is 0 Å². The summed E-state index contributed by atoms with van der Waals surface area (Å²) >= 11 is 6.41. The van der Waals surface area contributed by atoms with Gasteiger partial charge in [0.1, 0.15) is 0 Å². The van der Waals surface area contributed by atoms with Crippen molar-refractivity contribution in [1.29, 1.82) is 0 Å². The van der Waals surface area contributed by atoms with E-state index in [0.29, 0.717) is 0 Å². The molecule has 0 saturated carbocycles. The van der Waals surface area contributed by atoms with E-state index in [-0.39, 0.29) is 0 Å². The maximum absolute atomic E-state index is 4.11. The van der Waals surface area contributed by atoms with Crippen LogP contribution in [0.3, 0.4) is 0 Å². The molecule has 0 amide bonds. The van der Waals surface area contributed by atoms with Gasteiger partial charge in [0.25, 0.3) is 0 Å². The van der Waals surface area contributed by atoms with Gasteiger partial charge in [-0.1, -0.05) is 0 Å². The summed E-state index contributed by atoms with van der Waals surface area (Å²) in [6, 6.07) is 0. The zero-order chi connectivity index (χ0) is 3.41. The van der Waals surface area contributed by atoms with Crippen LogP contribution in [-0.4, -0.2) is 5.16 Å². The number of hydrogen-bond acceptors (Lipinski definition) is 2. The Balaban J connectivity index is 3.11. The van der Waals surface area contributed by atoms with Crippen molar-refractivity contribution in [3.63, 3.8) is 0 Å². The van der Waals surface area contributed by atoms with Crippen LogP contribution in [0.15, 0.2) is 3.98 Å². The number of rotatable bonds is 0. The van der Waals surface area contributed by atoms with Crippen molar-refractivity contribution in [2.24, 2.45) is 3.98 Å². The van der Waals surface area contributed by atoms with E-state index in [9.17, 15) is 0 Å². The van der Waals surface area contributed by atoms with Gasteiger partial charge in [-0.3, -0.25) is 0 Å². The van der Waals surface area contributed by atoms with Crippen LogP contribution in [0.4, 0.5) is 0 Å². The van der Waals surface area contributed by atoms with Crippen LogP contribution in [0, 0.1) is 0 Å². The molecule has 0 unspecified atom stereocenters. The second kappa shape index (κ2) is 3.33. The first-order valence-corrected chi connectivity index (χ1v) is 1.59. The van der Waals surface area contributed by atoms with E-state index in [2.05, 4.69) is 37.9 Å². The van der Waals surface area contributed by atoms with E-state index in [1.807, 2.05) is 0 Å². The first-order valence-electron chi connectivity index (χ1n) is 0.610. The first kappa shape index (κ1) is 4.33. The Labute approximate surface area is 38.4 Å². The standard InChI is InChI=1S/CNS.Cr/c2-1-3;/q-1;+1. The number of nitrogens with zero attached hydrogens (tertiary/aromatic N) is 1. The number of hydrogen-bond donors (Lipinski definition) is 0. The predicted molar refractivity (Wildman–Crippen MR) is 15.0 cm³/mol. The fourth-order valence-corrected chi connectivity index (χ4v) is 0. The van der Waals surface area contributed by atoms with E-state index in [1.165, 1.54) is 0 Å². The Kier molecular flexibility index (Phi) is 3.61. The molecule has 0 bridgehead atoms. The molecule has 0 aromatic heterocycles. The third-order valence-corrected chi connectivity index (χ3v) is 0.461. The summed E-state index contributed by atoms with van der Waals surface area (Å²) in [6.07, 6.45) is 0. The van der Waals surface area contributed by atoms with Crippen LogP contribution in [-0.2, 0) is 16.5 Å². The molecule has 0 aliphatic rings. The van der Waals surface area contributed by atoms with Gasteiger partial charge >= 0.3 is 37.9 Å². The molecule has 0 spiro atoms. The average molecular weight is 110 g/mol. The molecule has 0 aliphatic carbocycles. The van der Waals surface area contributed by atoms with Crippen LogP contribution in [0.2, 0.25) is 0 Å². The molecule has 0 atom stereocenters. The van der Waals surface area contributed by atoms with Gasteiger partial charge < -0.3 is 0 Å². The quantitative estimate of drug-likeness (QED) is 0.327. The Hall–Kier alpha value is 0.332. The van der Waals surface area contributed by atoms with Crippen LogP contribution in [0.5, 0.6) is 0 Å². The number of isothiocyanates is 1. The molecule has 4 heavy (non-hydrogen) atoms. The van der Waals surface area contributed by atoms with E-state index in [1.54, 1.807) is 0 Å². The molecule has 0 saturated heterocycles. The van der Waals surface area contributed by atoms with Crippen LogP contribution < -0.4 is 0 Å². The van der Waals surface area contributed by atoms with Crippen molar-refractivity contribution in [2.45, 2.75) is 0 Å². The fourth-order valence-electron chi connectivity index (χ4n) is 0. The Bertz CT molecular complexity index is 46.0. The monoisotopic (exact) mass is 110 g/mol. The fraction of sp³-hybridized carbons (Fsp3) is 0. The number of thiocarbonyl (C=S) groups is 1. The molecule has 0 N–H and O–H groups in total. The van der Waals surface area contributed by atoms with E-state index in [0.717, 1.165) is 0 Å². The van der Waals surface area contributed by atoms with Crippen molar-refractivity contribution in [3.8, 4) is 0 Å². The Morgan fingerprint density at radius 3 is 2.25 bits per heavy atom. The summed E-state index contributed by atoms with van der Waals surface area (Å²) in [5, 5.41) is 2.08. The van der Waals surface area contributed by atoms with Gasteiger partial charge in [0.05, 0.1) is 0 Å². The summed E-state index contributed by atoms with van der Waals surface area (Å²) in [5.41, 5.74) is 0. The molecular formula is CCrNS. The summed E-state index contributed by atoms with van der Waals surface area (Å²) in [7, 11) is 0. The molecule has 3 heteroatoms. The second-order valence-electron chi connectivity index (χ2n) is 0.183. The van der Waals surface area contributed by atoms with Crippen molar-refractivity contribution in [2.75, 3.05) is 0 Å². The van der Waals surface area contributed by atoms with Crippen molar-refractivity contribution < 1.29 is 16.5 Å². The van der Waals surface area contributed by atoms with Gasteiger partial charge in [0.2, 0.25) is 0 Å². The second-order valence-corrected chi connectivity index (χ2v) is 0.650. The summed E-state index contributed by atoms with van der Waals surface area (Å²) in [5.74, 6) is 0. The summed E-state index contributed by atoms with van der Waals surface area (Å²) in [4.78, 5) is 0. The topological polar surface area (TPSA) is 12.4 Å². The van der Waals surface area contributed by atoms with Crippen LogP contribution >= 0.6 is 12.2 Å². The predicted octanol–water partition coefficient (Wildman–Crippen LogP) is 0.551. The van der Waals surface area contributed by atoms with Crippen molar-refractivity contribution in [1.82, 2.24) is 0 Å². The molecule has 0 aromatic carbocycles. The molecule has 0 radical (unpaired) electrons. The zero-order valence-electron chi connectivity index (χ0n) is 1.76. The molecule has 21 valence electrons. The van der Waals surface area contributed by atoms with Gasteiger partial charge in [-0.25, -0.2) is 0 Å². The van der Waals surface area contributed by atoms with E-state index in [4.69, 9.17) is 0 Å². The maximum atomic E-state index is 4.11. The van der Waals surface area contributed by atoms with Gasteiger partial charge in [-0.15, -0.1) is 0 Å². The molecule has 0 rings (SSSR count). The summed E-state index contributed by atoms with van der Waals surface area (Å²) < 4.78 is 3.18. The first-order chi connectivity index (χ1) is 1.91. The molecule has 0 heterocycles. The molecule has 0 aromatic rings. The molecule has 0 fully saturated rings. The average Bonchev–Trinajstić information content (AvgIpc) is 1.37. The zero-order valence-corrected chi connectivity index (χ0v) is 3.86. The molecular weight excluding hydrogens is 110 g/mol. The third-order valence-electron chi connectivity index (χ3n) is 0.0373. The van der Waals surface area contributed by atoms with Crippen molar-refractivity contribution >= 4 is 17.4 Å². The van der Waals surface area contributed by atoms with Crippen molar-refractivity contribution in [3.05, 3.63) is 0 Å². The Morgan fingerprint density at radius 2 is 2.25 bits per heavy atom. The SMILES string of the molecule is S=C=[N][Cr]. The third kappa shape index (κ3) is 2.33. The minimum absolute atomic E-state index is 2.08.